The maximum Gasteiger partial charge on any atom is 0.124 e. The van der Waals surface area contributed by atoms with Gasteiger partial charge in [0.1, 0.15) is 5.75 Å². The third-order valence-corrected chi connectivity index (χ3v) is 2.86. The van der Waals surface area contributed by atoms with Crippen LogP contribution in [-0.4, -0.2) is 23.9 Å². The molecule has 0 amide bonds. The van der Waals surface area contributed by atoms with Crippen molar-refractivity contribution >= 4 is 0 Å². The van der Waals surface area contributed by atoms with Crippen LogP contribution in [0.4, 0.5) is 0 Å². The smallest absolute Gasteiger partial charge is 0.124 e. The lowest BCUT2D eigenvalue weighted by molar-refractivity contribution is 0.131. The molecule has 0 aliphatic carbocycles. The minimum Gasteiger partial charge on any atom is -0.496 e. The van der Waals surface area contributed by atoms with Crippen molar-refractivity contribution in [2.75, 3.05) is 13.7 Å². The third kappa shape index (κ3) is 3.45. The van der Waals surface area contributed by atoms with E-state index in [4.69, 9.17) is 9.84 Å². The van der Waals surface area contributed by atoms with Gasteiger partial charge >= 0.3 is 0 Å². The average Bonchev–Trinajstić information content (AvgIpc) is 2.27. The van der Waals surface area contributed by atoms with Crippen molar-refractivity contribution in [3.05, 3.63) is 29.3 Å². The Morgan fingerprint density at radius 3 is 2.41 bits per heavy atom. The molecule has 1 aromatic rings. The summed E-state index contributed by atoms with van der Waals surface area (Å²) in [4.78, 5) is 0. The van der Waals surface area contributed by atoms with Gasteiger partial charge in [0.2, 0.25) is 0 Å². The molecule has 0 saturated heterocycles. The van der Waals surface area contributed by atoms with E-state index in [0.29, 0.717) is 12.2 Å². The Bertz CT molecular complexity index is 366. The largest absolute Gasteiger partial charge is 0.496 e. The molecule has 0 heterocycles. The van der Waals surface area contributed by atoms with E-state index < -0.39 is 6.10 Å². The third-order valence-electron chi connectivity index (χ3n) is 2.86. The lowest BCUT2D eigenvalue weighted by Crippen LogP contribution is -2.13. The minimum atomic E-state index is -0.683. The van der Waals surface area contributed by atoms with Crippen molar-refractivity contribution in [3.63, 3.8) is 0 Å². The van der Waals surface area contributed by atoms with E-state index in [9.17, 15) is 5.11 Å². The zero-order chi connectivity index (χ0) is 13.1. The first-order valence-corrected chi connectivity index (χ1v) is 5.87. The van der Waals surface area contributed by atoms with E-state index in [0.717, 1.165) is 11.1 Å². The fourth-order valence-electron chi connectivity index (χ4n) is 1.74. The highest BCUT2D eigenvalue weighted by Gasteiger charge is 2.19. The molecule has 0 aliphatic rings. The molecule has 0 spiro atoms. The normalized spacial score (nSPS) is 13.5. The first-order valence-electron chi connectivity index (χ1n) is 5.87. The summed E-state index contributed by atoms with van der Waals surface area (Å²) >= 11 is 0. The van der Waals surface area contributed by atoms with Crippen LogP contribution in [-0.2, 0) is 5.41 Å². The van der Waals surface area contributed by atoms with Crippen molar-refractivity contribution < 1.29 is 14.9 Å². The van der Waals surface area contributed by atoms with Crippen molar-refractivity contribution in [2.24, 2.45) is 0 Å². The standard InChI is InChI=1S/C14H22O3/c1-14(2,3)10-5-6-13(17-4)11(9-10)12(16)7-8-15/h5-6,9,12,15-16H,7-8H2,1-4H3. The fourth-order valence-corrected chi connectivity index (χ4v) is 1.74. The first kappa shape index (κ1) is 14.0. The molecule has 0 fully saturated rings. The van der Waals surface area contributed by atoms with E-state index in [-0.39, 0.29) is 12.0 Å². The van der Waals surface area contributed by atoms with Gasteiger partial charge in [-0.15, -0.1) is 0 Å². The number of benzene rings is 1. The molecule has 2 N–H and O–H groups in total. The second-order valence-electron chi connectivity index (χ2n) is 5.23. The van der Waals surface area contributed by atoms with Gasteiger partial charge in [0.15, 0.2) is 0 Å². The van der Waals surface area contributed by atoms with Crippen LogP contribution < -0.4 is 4.74 Å². The average molecular weight is 238 g/mol. The molecular weight excluding hydrogens is 216 g/mol. The maximum absolute atomic E-state index is 9.98. The molecule has 17 heavy (non-hydrogen) atoms. The van der Waals surface area contributed by atoms with E-state index in [1.54, 1.807) is 7.11 Å². The second kappa shape index (κ2) is 5.52. The van der Waals surface area contributed by atoms with Crippen LogP contribution in [0.1, 0.15) is 44.4 Å². The van der Waals surface area contributed by atoms with E-state index in [1.807, 2.05) is 18.2 Å². The quantitative estimate of drug-likeness (QED) is 0.847. The number of rotatable bonds is 4. The van der Waals surface area contributed by atoms with Crippen molar-refractivity contribution in [3.8, 4) is 5.75 Å². The van der Waals surface area contributed by atoms with E-state index in [2.05, 4.69) is 20.8 Å². The molecule has 1 unspecified atom stereocenters. The van der Waals surface area contributed by atoms with Gasteiger partial charge in [-0.3, -0.25) is 0 Å². The Kier molecular flexibility index (Phi) is 4.54. The van der Waals surface area contributed by atoms with Gasteiger partial charge in [-0.2, -0.15) is 0 Å². The van der Waals surface area contributed by atoms with Crippen LogP contribution in [0.3, 0.4) is 0 Å². The van der Waals surface area contributed by atoms with Gasteiger partial charge in [-0.25, -0.2) is 0 Å². The molecule has 3 heteroatoms. The number of aliphatic hydroxyl groups is 2. The van der Waals surface area contributed by atoms with Gasteiger partial charge in [-0.1, -0.05) is 26.8 Å². The molecule has 3 nitrogen and oxygen atoms in total. The second-order valence-corrected chi connectivity index (χ2v) is 5.23. The number of hydrogen-bond acceptors (Lipinski definition) is 3. The van der Waals surface area contributed by atoms with Crippen molar-refractivity contribution in [2.45, 2.75) is 38.7 Å². The molecular formula is C14H22O3. The van der Waals surface area contributed by atoms with Crippen molar-refractivity contribution in [1.29, 1.82) is 0 Å². The zero-order valence-electron chi connectivity index (χ0n) is 11.0. The van der Waals surface area contributed by atoms with E-state index in [1.165, 1.54) is 0 Å². The Labute approximate surface area is 103 Å². The predicted molar refractivity (Wildman–Crippen MR) is 68.4 cm³/mol. The van der Waals surface area contributed by atoms with Gasteiger partial charge in [0.25, 0.3) is 0 Å². The molecule has 0 radical (unpaired) electrons. The zero-order valence-corrected chi connectivity index (χ0v) is 11.0. The van der Waals surface area contributed by atoms with Crippen LogP contribution in [0.15, 0.2) is 18.2 Å². The number of hydrogen-bond donors (Lipinski definition) is 2. The van der Waals surface area contributed by atoms with Gasteiger partial charge in [0.05, 0.1) is 13.2 Å². The molecule has 0 aliphatic heterocycles. The van der Waals surface area contributed by atoms with Gasteiger partial charge < -0.3 is 14.9 Å². The molecule has 0 bridgehead atoms. The van der Waals surface area contributed by atoms with Crippen LogP contribution in [0.25, 0.3) is 0 Å². The van der Waals surface area contributed by atoms with Crippen LogP contribution >= 0.6 is 0 Å². The van der Waals surface area contributed by atoms with Gasteiger partial charge in [0, 0.05) is 18.6 Å². The lowest BCUT2D eigenvalue weighted by Gasteiger charge is -2.22. The summed E-state index contributed by atoms with van der Waals surface area (Å²) in [5.41, 5.74) is 1.92. The summed E-state index contributed by atoms with van der Waals surface area (Å²) in [5, 5.41) is 18.9. The van der Waals surface area contributed by atoms with Crippen LogP contribution in [0.2, 0.25) is 0 Å². The Morgan fingerprint density at radius 1 is 1.29 bits per heavy atom. The Hall–Kier alpha value is -1.06. The van der Waals surface area contributed by atoms with Crippen molar-refractivity contribution in [1.82, 2.24) is 0 Å². The monoisotopic (exact) mass is 238 g/mol. The fraction of sp³-hybridized carbons (Fsp3) is 0.571. The summed E-state index contributed by atoms with van der Waals surface area (Å²) < 4.78 is 5.24. The highest BCUT2D eigenvalue weighted by molar-refractivity contribution is 5.41. The number of methoxy groups -OCH3 is 1. The summed E-state index contributed by atoms with van der Waals surface area (Å²) in [6.07, 6.45) is -0.360. The molecule has 1 atom stereocenters. The highest BCUT2D eigenvalue weighted by atomic mass is 16.5. The first-order chi connectivity index (χ1) is 7.90. The topological polar surface area (TPSA) is 49.7 Å². The molecule has 0 saturated carbocycles. The number of aliphatic hydroxyl groups excluding tert-OH is 2. The highest BCUT2D eigenvalue weighted by Crippen LogP contribution is 2.32. The Morgan fingerprint density at radius 2 is 1.94 bits per heavy atom. The maximum atomic E-state index is 9.98. The molecule has 1 aromatic carbocycles. The molecule has 0 aromatic heterocycles. The summed E-state index contributed by atoms with van der Waals surface area (Å²) in [7, 11) is 1.58. The lowest BCUT2D eigenvalue weighted by atomic mass is 9.85. The van der Waals surface area contributed by atoms with Crippen LogP contribution in [0.5, 0.6) is 5.75 Å². The summed E-state index contributed by atoms with van der Waals surface area (Å²) in [6.45, 7) is 6.33. The summed E-state index contributed by atoms with van der Waals surface area (Å²) in [6, 6.07) is 5.84. The minimum absolute atomic E-state index is 0.0277. The molecule has 1 rings (SSSR count). The predicted octanol–water partition coefficient (Wildman–Crippen LogP) is 2.41. The molecule has 96 valence electrons. The SMILES string of the molecule is COc1ccc(C(C)(C)C)cc1C(O)CCO. The summed E-state index contributed by atoms with van der Waals surface area (Å²) in [5.74, 6) is 0.666. The van der Waals surface area contributed by atoms with E-state index >= 15 is 0 Å². The Balaban J connectivity index is 3.15. The number of ether oxygens (including phenoxy) is 1. The van der Waals surface area contributed by atoms with Gasteiger partial charge in [-0.05, 0) is 23.1 Å². The van der Waals surface area contributed by atoms with Crippen LogP contribution in [0, 0.1) is 0 Å².